The summed E-state index contributed by atoms with van der Waals surface area (Å²) in [5.74, 6) is 0. The lowest BCUT2D eigenvalue weighted by Crippen LogP contribution is -2.50. The van der Waals surface area contributed by atoms with E-state index in [9.17, 15) is 4.79 Å². The van der Waals surface area contributed by atoms with Gasteiger partial charge in [0.1, 0.15) is 5.60 Å². The Morgan fingerprint density at radius 1 is 1.17 bits per heavy atom. The Hall–Kier alpha value is -1.62. The van der Waals surface area contributed by atoms with Gasteiger partial charge in [0.25, 0.3) is 0 Å². The molecule has 0 radical (unpaired) electrons. The van der Waals surface area contributed by atoms with Gasteiger partial charge < -0.3 is 9.64 Å². The molecule has 0 saturated heterocycles. The summed E-state index contributed by atoms with van der Waals surface area (Å²) in [7, 11) is 2.05. The Bertz CT molecular complexity index is 518. The first-order valence-electron chi connectivity index (χ1n) is 8.53. The van der Waals surface area contributed by atoms with E-state index >= 15 is 0 Å². The van der Waals surface area contributed by atoms with Crippen LogP contribution in [0.3, 0.4) is 0 Å². The Balaban J connectivity index is 2.73. The number of hydrogen-bond donors (Lipinski definition) is 0. The van der Waals surface area contributed by atoms with Gasteiger partial charge in [-0.15, -0.1) is 0 Å². The average molecular weight is 335 g/mol. The van der Waals surface area contributed by atoms with Crippen LogP contribution in [0.2, 0.25) is 0 Å². The molecule has 0 N–H and O–H groups in total. The largest absolute Gasteiger partial charge is 0.444 e. The Morgan fingerprint density at radius 2 is 1.79 bits per heavy atom. The third-order valence-corrected chi connectivity index (χ3v) is 3.88. The molecule has 1 heterocycles. The van der Waals surface area contributed by atoms with E-state index in [1.165, 1.54) is 0 Å². The van der Waals surface area contributed by atoms with E-state index < -0.39 is 5.60 Å². The van der Waals surface area contributed by atoms with Gasteiger partial charge in [0.15, 0.2) is 0 Å². The number of ether oxygens (including phenoxy) is 1. The Kier molecular flexibility index (Phi) is 6.78. The molecule has 0 aliphatic carbocycles. The van der Waals surface area contributed by atoms with E-state index in [2.05, 4.69) is 23.9 Å². The first-order chi connectivity index (χ1) is 10.9. The van der Waals surface area contributed by atoms with Crippen LogP contribution in [0.15, 0.2) is 24.4 Å². The highest BCUT2D eigenvalue weighted by Crippen LogP contribution is 2.20. The number of rotatable bonds is 5. The summed E-state index contributed by atoms with van der Waals surface area (Å²) in [5.41, 5.74) is 0.241. The molecule has 1 rings (SSSR count). The zero-order valence-electron chi connectivity index (χ0n) is 16.5. The van der Waals surface area contributed by atoms with Gasteiger partial charge in [-0.05, 0) is 67.6 Å². The number of amides is 1. The molecule has 0 aliphatic heterocycles. The first-order valence-corrected chi connectivity index (χ1v) is 8.53. The standard InChI is InChI=1S/C19H33N3O2/c1-15(16-11-9-10-12-20-16)21(8)13-14-22(18(2,3)4)17(23)24-19(5,6)7/h9-12,15H,13-14H2,1-8H3. The van der Waals surface area contributed by atoms with Crippen molar-refractivity contribution in [3.05, 3.63) is 30.1 Å². The van der Waals surface area contributed by atoms with Crippen LogP contribution < -0.4 is 0 Å². The minimum atomic E-state index is -0.492. The number of pyridine rings is 1. The molecule has 1 unspecified atom stereocenters. The van der Waals surface area contributed by atoms with Crippen molar-refractivity contribution in [1.29, 1.82) is 0 Å². The van der Waals surface area contributed by atoms with Crippen molar-refractivity contribution in [2.24, 2.45) is 0 Å². The number of likely N-dealkylation sites (N-methyl/N-ethyl adjacent to an activating group) is 1. The maximum absolute atomic E-state index is 12.5. The third-order valence-electron chi connectivity index (χ3n) is 3.88. The van der Waals surface area contributed by atoms with Crippen molar-refractivity contribution in [2.75, 3.05) is 20.1 Å². The quantitative estimate of drug-likeness (QED) is 0.812. The SMILES string of the molecule is CC(c1ccccn1)N(C)CCN(C(=O)OC(C)(C)C)C(C)(C)C. The van der Waals surface area contributed by atoms with E-state index in [0.717, 1.165) is 12.2 Å². The average Bonchev–Trinajstić information content (AvgIpc) is 2.44. The van der Waals surface area contributed by atoms with E-state index in [1.807, 2.05) is 65.9 Å². The molecular formula is C19H33N3O2. The number of carbonyl (C=O) groups is 1. The molecular weight excluding hydrogens is 302 g/mol. The van der Waals surface area contributed by atoms with Crippen LogP contribution in [0.1, 0.15) is 60.2 Å². The maximum atomic E-state index is 12.5. The number of carbonyl (C=O) groups excluding carboxylic acids is 1. The van der Waals surface area contributed by atoms with Crippen molar-refractivity contribution in [3.63, 3.8) is 0 Å². The fraction of sp³-hybridized carbons (Fsp3) is 0.684. The zero-order valence-corrected chi connectivity index (χ0v) is 16.5. The van der Waals surface area contributed by atoms with Gasteiger partial charge in [-0.1, -0.05) is 6.07 Å². The molecule has 0 spiro atoms. The van der Waals surface area contributed by atoms with Crippen LogP contribution in [0.25, 0.3) is 0 Å². The second-order valence-corrected chi connectivity index (χ2v) is 8.21. The monoisotopic (exact) mass is 335 g/mol. The van der Waals surface area contributed by atoms with E-state index in [-0.39, 0.29) is 17.7 Å². The van der Waals surface area contributed by atoms with Crippen molar-refractivity contribution < 1.29 is 9.53 Å². The molecule has 5 nitrogen and oxygen atoms in total. The molecule has 1 atom stereocenters. The first kappa shape index (κ1) is 20.4. The number of hydrogen-bond acceptors (Lipinski definition) is 4. The second-order valence-electron chi connectivity index (χ2n) is 8.21. The predicted octanol–water partition coefficient (Wildman–Crippen LogP) is 4.11. The fourth-order valence-corrected chi connectivity index (χ4v) is 2.32. The van der Waals surface area contributed by atoms with Crippen LogP contribution in [-0.2, 0) is 4.74 Å². The molecule has 1 amide bonds. The van der Waals surface area contributed by atoms with Gasteiger partial charge in [-0.2, -0.15) is 0 Å². The van der Waals surface area contributed by atoms with Gasteiger partial charge in [0.2, 0.25) is 0 Å². The van der Waals surface area contributed by atoms with Gasteiger partial charge in [0, 0.05) is 30.9 Å². The van der Waals surface area contributed by atoms with Crippen LogP contribution >= 0.6 is 0 Å². The lowest BCUT2D eigenvalue weighted by molar-refractivity contribution is 0.00360. The summed E-state index contributed by atoms with van der Waals surface area (Å²) < 4.78 is 5.56. The summed E-state index contributed by atoms with van der Waals surface area (Å²) in [6.45, 7) is 15.2. The summed E-state index contributed by atoms with van der Waals surface area (Å²) in [6, 6.07) is 6.12. The molecule has 1 aromatic rings. The highest BCUT2D eigenvalue weighted by Gasteiger charge is 2.30. The lowest BCUT2D eigenvalue weighted by Gasteiger charge is -2.38. The topological polar surface area (TPSA) is 45.7 Å². The number of aromatic nitrogens is 1. The molecule has 0 bridgehead atoms. The highest BCUT2D eigenvalue weighted by molar-refractivity contribution is 5.69. The van der Waals surface area contributed by atoms with Gasteiger partial charge >= 0.3 is 6.09 Å². The van der Waals surface area contributed by atoms with Gasteiger partial charge in [-0.3, -0.25) is 9.88 Å². The highest BCUT2D eigenvalue weighted by atomic mass is 16.6. The van der Waals surface area contributed by atoms with Crippen LogP contribution in [0.4, 0.5) is 4.79 Å². The Morgan fingerprint density at radius 3 is 2.25 bits per heavy atom. The molecule has 1 aromatic heterocycles. The van der Waals surface area contributed by atoms with Crippen LogP contribution in [0, 0.1) is 0 Å². The zero-order chi connectivity index (χ0) is 18.5. The van der Waals surface area contributed by atoms with E-state index in [0.29, 0.717) is 6.54 Å². The molecule has 24 heavy (non-hydrogen) atoms. The second kappa shape index (κ2) is 7.97. The van der Waals surface area contributed by atoms with E-state index in [1.54, 1.807) is 4.90 Å². The molecule has 0 aromatic carbocycles. The molecule has 0 aliphatic rings. The normalized spacial score (nSPS) is 13.7. The summed E-state index contributed by atoms with van der Waals surface area (Å²) in [5, 5.41) is 0. The lowest BCUT2D eigenvalue weighted by atomic mass is 10.1. The smallest absolute Gasteiger partial charge is 0.410 e. The van der Waals surface area contributed by atoms with Crippen molar-refractivity contribution >= 4 is 6.09 Å². The molecule has 5 heteroatoms. The minimum Gasteiger partial charge on any atom is -0.444 e. The third kappa shape index (κ3) is 6.48. The fourth-order valence-electron chi connectivity index (χ4n) is 2.32. The maximum Gasteiger partial charge on any atom is 0.410 e. The minimum absolute atomic E-state index is 0.187. The summed E-state index contributed by atoms with van der Waals surface area (Å²) >= 11 is 0. The summed E-state index contributed by atoms with van der Waals surface area (Å²) in [4.78, 5) is 20.9. The molecule has 136 valence electrons. The van der Waals surface area contributed by atoms with Crippen molar-refractivity contribution in [3.8, 4) is 0 Å². The molecule has 0 saturated carbocycles. The molecule has 0 fully saturated rings. The Labute approximate surface area is 147 Å². The van der Waals surface area contributed by atoms with Crippen LogP contribution in [0.5, 0.6) is 0 Å². The predicted molar refractivity (Wildman–Crippen MR) is 98.0 cm³/mol. The number of nitrogens with zero attached hydrogens (tertiary/aromatic N) is 3. The van der Waals surface area contributed by atoms with E-state index in [4.69, 9.17) is 4.74 Å². The summed E-state index contributed by atoms with van der Waals surface area (Å²) in [6.07, 6.45) is 1.54. The van der Waals surface area contributed by atoms with Gasteiger partial charge in [0.05, 0.1) is 5.69 Å². The van der Waals surface area contributed by atoms with Crippen LogP contribution in [-0.4, -0.2) is 52.2 Å². The van der Waals surface area contributed by atoms with Gasteiger partial charge in [-0.25, -0.2) is 4.79 Å². The van der Waals surface area contributed by atoms with Crippen molar-refractivity contribution in [2.45, 2.75) is 65.6 Å². The van der Waals surface area contributed by atoms with Crippen molar-refractivity contribution in [1.82, 2.24) is 14.8 Å².